The fraction of sp³-hybridized carbons (Fsp3) is 0.273. The van der Waals surface area contributed by atoms with Gasteiger partial charge < -0.3 is 10.0 Å². The van der Waals surface area contributed by atoms with E-state index in [1.165, 1.54) is 0 Å². The summed E-state index contributed by atoms with van der Waals surface area (Å²) in [6.07, 6.45) is 2.28. The van der Waals surface area contributed by atoms with Gasteiger partial charge in [0.05, 0.1) is 28.4 Å². The topological polar surface area (TPSA) is 83.4 Å². The van der Waals surface area contributed by atoms with E-state index in [0.717, 1.165) is 5.39 Å². The monoisotopic (exact) mass is 375 g/mol. The summed E-state index contributed by atoms with van der Waals surface area (Å²) in [4.78, 5) is 35.6. The number of benzene rings is 1. The molecule has 3 heterocycles. The van der Waals surface area contributed by atoms with E-state index >= 15 is 0 Å². The molecule has 2 atom stereocenters. The lowest BCUT2D eigenvalue weighted by Gasteiger charge is -2.35. The van der Waals surface area contributed by atoms with Gasteiger partial charge in [0.25, 0.3) is 5.91 Å². The van der Waals surface area contributed by atoms with Crippen LogP contribution in [0.15, 0.2) is 54.7 Å². The molecule has 2 aromatic heterocycles. The Hall–Kier alpha value is -3.28. The first-order valence-electron chi connectivity index (χ1n) is 9.36. The van der Waals surface area contributed by atoms with Crippen LogP contribution in [-0.2, 0) is 4.79 Å². The number of amides is 1. The number of nitrogens with zero attached hydrogens (tertiary/aromatic N) is 3. The molecule has 1 aliphatic rings. The Balaban J connectivity index is 1.78. The summed E-state index contributed by atoms with van der Waals surface area (Å²) in [5.41, 5.74) is 2.57. The summed E-state index contributed by atoms with van der Waals surface area (Å²) in [7, 11) is 0. The van der Waals surface area contributed by atoms with Crippen LogP contribution in [0.5, 0.6) is 0 Å². The standard InChI is InChI=1S/C22H21N3O3/c1-14-10-15(22(27)28)13-25(12-14)21(26)17-11-20(19-8-4-5-9-23-19)24-18-7-3-2-6-16(17)18/h2-9,11,14-15H,10,12-13H2,1H3,(H,27,28). The van der Waals surface area contributed by atoms with Crippen LogP contribution in [0.4, 0.5) is 0 Å². The summed E-state index contributed by atoms with van der Waals surface area (Å²) in [6.45, 7) is 2.77. The van der Waals surface area contributed by atoms with Crippen LogP contribution < -0.4 is 0 Å². The Kier molecular flexibility index (Phi) is 4.77. The zero-order chi connectivity index (χ0) is 19.7. The maximum atomic E-state index is 13.4. The van der Waals surface area contributed by atoms with Gasteiger partial charge in [-0.2, -0.15) is 0 Å². The number of pyridine rings is 2. The van der Waals surface area contributed by atoms with Gasteiger partial charge in [0, 0.05) is 24.7 Å². The van der Waals surface area contributed by atoms with Gasteiger partial charge in [-0.25, -0.2) is 4.98 Å². The molecule has 0 spiro atoms. The highest BCUT2D eigenvalue weighted by Gasteiger charge is 2.33. The second kappa shape index (κ2) is 7.38. The lowest BCUT2D eigenvalue weighted by molar-refractivity contribution is -0.143. The Morgan fingerprint density at radius 1 is 1.07 bits per heavy atom. The maximum Gasteiger partial charge on any atom is 0.308 e. The normalized spacial score (nSPS) is 19.5. The molecule has 1 saturated heterocycles. The van der Waals surface area contributed by atoms with Gasteiger partial charge in [0.1, 0.15) is 0 Å². The van der Waals surface area contributed by atoms with Crippen molar-refractivity contribution in [2.24, 2.45) is 11.8 Å². The van der Waals surface area contributed by atoms with Crippen LogP contribution in [0, 0.1) is 11.8 Å². The highest BCUT2D eigenvalue weighted by molar-refractivity contribution is 6.07. The fourth-order valence-corrected chi connectivity index (χ4v) is 3.86. The lowest BCUT2D eigenvalue weighted by atomic mass is 9.90. The van der Waals surface area contributed by atoms with Crippen LogP contribution >= 0.6 is 0 Å². The van der Waals surface area contributed by atoms with E-state index in [4.69, 9.17) is 0 Å². The summed E-state index contributed by atoms with van der Waals surface area (Å²) < 4.78 is 0. The molecule has 2 unspecified atom stereocenters. The number of carbonyl (C=O) groups excluding carboxylic acids is 1. The number of piperidine rings is 1. The van der Waals surface area contributed by atoms with Crippen LogP contribution in [0.25, 0.3) is 22.3 Å². The Labute approximate surface area is 162 Å². The lowest BCUT2D eigenvalue weighted by Crippen LogP contribution is -2.45. The van der Waals surface area contributed by atoms with Crippen LogP contribution in [0.3, 0.4) is 0 Å². The molecule has 4 rings (SSSR count). The summed E-state index contributed by atoms with van der Waals surface area (Å²) in [6, 6.07) is 14.8. The van der Waals surface area contributed by atoms with Gasteiger partial charge in [0.15, 0.2) is 0 Å². The predicted octanol–water partition coefficient (Wildman–Crippen LogP) is 3.48. The predicted molar refractivity (Wildman–Crippen MR) is 106 cm³/mol. The van der Waals surface area contributed by atoms with Gasteiger partial charge in [-0.1, -0.05) is 31.2 Å². The molecule has 142 valence electrons. The fourth-order valence-electron chi connectivity index (χ4n) is 3.86. The van der Waals surface area contributed by atoms with Crippen molar-refractivity contribution >= 4 is 22.8 Å². The largest absolute Gasteiger partial charge is 0.481 e. The van der Waals surface area contributed by atoms with Crippen molar-refractivity contribution in [2.75, 3.05) is 13.1 Å². The molecule has 0 aliphatic carbocycles. The van der Waals surface area contributed by atoms with Gasteiger partial charge >= 0.3 is 5.97 Å². The minimum Gasteiger partial charge on any atom is -0.481 e. The van der Waals surface area contributed by atoms with E-state index in [-0.39, 0.29) is 18.4 Å². The minimum atomic E-state index is -0.849. The Morgan fingerprint density at radius 2 is 1.86 bits per heavy atom. The first-order chi connectivity index (χ1) is 13.5. The third-order valence-corrected chi connectivity index (χ3v) is 5.17. The van der Waals surface area contributed by atoms with Gasteiger partial charge in [-0.15, -0.1) is 0 Å². The zero-order valence-electron chi connectivity index (χ0n) is 15.6. The number of para-hydroxylation sites is 1. The number of carboxylic acids is 1. The van der Waals surface area contributed by atoms with E-state index in [1.54, 1.807) is 17.2 Å². The molecule has 6 heteroatoms. The van der Waals surface area contributed by atoms with Crippen LogP contribution in [-0.4, -0.2) is 44.9 Å². The second-order valence-electron chi connectivity index (χ2n) is 7.37. The van der Waals surface area contributed by atoms with Crippen molar-refractivity contribution in [1.29, 1.82) is 0 Å². The molecule has 6 nitrogen and oxygen atoms in total. The van der Waals surface area contributed by atoms with Crippen molar-refractivity contribution in [2.45, 2.75) is 13.3 Å². The van der Waals surface area contributed by atoms with Crippen molar-refractivity contribution in [3.8, 4) is 11.4 Å². The van der Waals surface area contributed by atoms with E-state index in [0.29, 0.717) is 35.4 Å². The average Bonchev–Trinajstić information content (AvgIpc) is 2.72. The number of aliphatic carboxylic acids is 1. The first-order valence-corrected chi connectivity index (χ1v) is 9.36. The molecule has 0 saturated carbocycles. The quantitative estimate of drug-likeness (QED) is 0.758. The number of likely N-dealkylation sites (tertiary alicyclic amines) is 1. The molecule has 1 N–H and O–H groups in total. The van der Waals surface area contributed by atoms with E-state index in [2.05, 4.69) is 9.97 Å². The molecule has 0 bridgehead atoms. The van der Waals surface area contributed by atoms with Crippen LogP contribution in [0.2, 0.25) is 0 Å². The van der Waals surface area contributed by atoms with E-state index in [1.807, 2.05) is 49.4 Å². The SMILES string of the molecule is CC1CC(C(=O)O)CN(C(=O)c2cc(-c3ccccn3)nc3ccccc23)C1. The molecule has 0 radical (unpaired) electrons. The van der Waals surface area contributed by atoms with Crippen molar-refractivity contribution in [1.82, 2.24) is 14.9 Å². The molecule has 1 amide bonds. The summed E-state index contributed by atoms with van der Waals surface area (Å²) in [5.74, 6) is -1.40. The van der Waals surface area contributed by atoms with E-state index in [9.17, 15) is 14.7 Å². The number of carboxylic acid groups (broad SMARTS) is 1. The first kappa shape index (κ1) is 18.1. The number of fused-ring (bicyclic) bond motifs is 1. The summed E-state index contributed by atoms with van der Waals surface area (Å²) >= 11 is 0. The molecule has 1 aliphatic heterocycles. The number of aromatic nitrogens is 2. The van der Waals surface area contributed by atoms with Gasteiger partial charge in [0.2, 0.25) is 0 Å². The van der Waals surface area contributed by atoms with E-state index < -0.39 is 11.9 Å². The molecular formula is C22H21N3O3. The average molecular weight is 375 g/mol. The number of carbonyl (C=O) groups is 2. The van der Waals surface area contributed by atoms with Gasteiger partial charge in [-0.05, 0) is 36.6 Å². The minimum absolute atomic E-state index is 0.141. The Morgan fingerprint density at radius 3 is 2.61 bits per heavy atom. The van der Waals surface area contributed by atoms with Crippen molar-refractivity contribution in [3.63, 3.8) is 0 Å². The summed E-state index contributed by atoms with van der Waals surface area (Å²) in [5, 5.41) is 10.2. The molecule has 1 fully saturated rings. The van der Waals surface area contributed by atoms with Gasteiger partial charge in [-0.3, -0.25) is 14.6 Å². The smallest absolute Gasteiger partial charge is 0.308 e. The zero-order valence-corrected chi connectivity index (χ0v) is 15.6. The highest BCUT2D eigenvalue weighted by Crippen LogP contribution is 2.28. The molecule has 1 aromatic carbocycles. The molecule has 3 aromatic rings. The van der Waals surface area contributed by atoms with Crippen LogP contribution in [0.1, 0.15) is 23.7 Å². The number of hydrogen-bond donors (Lipinski definition) is 1. The third kappa shape index (κ3) is 3.45. The highest BCUT2D eigenvalue weighted by atomic mass is 16.4. The number of hydrogen-bond acceptors (Lipinski definition) is 4. The number of rotatable bonds is 3. The third-order valence-electron chi connectivity index (χ3n) is 5.17. The van der Waals surface area contributed by atoms with Crippen molar-refractivity contribution in [3.05, 3.63) is 60.3 Å². The maximum absolute atomic E-state index is 13.4. The molecular weight excluding hydrogens is 354 g/mol. The van der Waals surface area contributed by atoms with Crippen molar-refractivity contribution < 1.29 is 14.7 Å². The Bertz CT molecular complexity index is 1040. The second-order valence-corrected chi connectivity index (χ2v) is 7.37. The molecule has 28 heavy (non-hydrogen) atoms.